The number of nitrogens with one attached hydrogen (secondary N) is 2. The van der Waals surface area contributed by atoms with Crippen molar-refractivity contribution in [3.63, 3.8) is 0 Å². The Balaban J connectivity index is 2.12. The summed E-state index contributed by atoms with van der Waals surface area (Å²) in [7, 11) is 3.44. The van der Waals surface area contributed by atoms with Crippen LogP contribution in [-0.2, 0) is 21.4 Å². The Hall–Kier alpha value is -2.09. The van der Waals surface area contributed by atoms with Gasteiger partial charge in [-0.05, 0) is 12.8 Å². The van der Waals surface area contributed by atoms with Gasteiger partial charge in [-0.15, -0.1) is 0 Å². The Morgan fingerprint density at radius 2 is 1.96 bits per heavy atom. The van der Waals surface area contributed by atoms with Crippen molar-refractivity contribution in [1.29, 1.82) is 0 Å². The first-order valence-electron chi connectivity index (χ1n) is 9.02. The topological polar surface area (TPSA) is 88.5 Å². The monoisotopic (exact) mass is 365 g/mol. The first-order chi connectivity index (χ1) is 12.2. The highest BCUT2D eigenvalue weighted by molar-refractivity contribution is 5.90. The molecule has 8 nitrogen and oxygen atoms in total. The van der Waals surface area contributed by atoms with Gasteiger partial charge < -0.3 is 20.3 Å². The van der Waals surface area contributed by atoms with Crippen LogP contribution in [0.1, 0.15) is 33.6 Å². The molecule has 0 radical (unpaired) electrons. The van der Waals surface area contributed by atoms with Crippen LogP contribution < -0.4 is 10.6 Å². The van der Waals surface area contributed by atoms with Gasteiger partial charge in [0.05, 0.1) is 6.61 Å². The fraction of sp³-hybridized carbons (Fsp3) is 0.722. The Morgan fingerprint density at radius 1 is 1.31 bits per heavy atom. The number of hydrogen-bond acceptors (Lipinski definition) is 5. The molecule has 0 spiro atoms. The van der Waals surface area contributed by atoms with Gasteiger partial charge in [0.1, 0.15) is 11.4 Å². The second-order valence-electron chi connectivity index (χ2n) is 7.87. The Bertz CT molecular complexity index is 627. The molecule has 0 unspecified atom stereocenters. The summed E-state index contributed by atoms with van der Waals surface area (Å²) in [5.41, 5.74) is -1.20. The number of methoxy groups -OCH3 is 1. The summed E-state index contributed by atoms with van der Waals surface area (Å²) < 4.78 is 6.71. The number of aromatic nitrogens is 2. The van der Waals surface area contributed by atoms with Crippen LogP contribution in [0.15, 0.2) is 12.3 Å². The zero-order chi connectivity index (χ0) is 19.4. The Morgan fingerprint density at radius 3 is 2.46 bits per heavy atom. The maximum absolute atomic E-state index is 12.9. The third-order valence-corrected chi connectivity index (χ3v) is 4.65. The van der Waals surface area contributed by atoms with E-state index >= 15 is 0 Å². The van der Waals surface area contributed by atoms with Crippen LogP contribution in [0.4, 0.5) is 5.82 Å². The number of carbonyl (C=O) groups is 2. The number of amides is 2. The lowest BCUT2D eigenvalue weighted by molar-refractivity contribution is -0.142. The third-order valence-electron chi connectivity index (χ3n) is 4.65. The van der Waals surface area contributed by atoms with Gasteiger partial charge in [0, 0.05) is 51.5 Å². The molecule has 0 bridgehead atoms. The highest BCUT2D eigenvalue weighted by Gasteiger charge is 2.43. The van der Waals surface area contributed by atoms with Crippen LogP contribution in [-0.4, -0.2) is 65.4 Å². The van der Waals surface area contributed by atoms with Crippen LogP contribution in [0, 0.1) is 5.41 Å². The van der Waals surface area contributed by atoms with Crippen molar-refractivity contribution < 1.29 is 14.3 Å². The predicted molar refractivity (Wildman–Crippen MR) is 99.7 cm³/mol. The molecular weight excluding hydrogens is 334 g/mol. The van der Waals surface area contributed by atoms with Gasteiger partial charge in [-0.25, -0.2) is 0 Å². The smallest absolute Gasteiger partial charge is 0.245 e. The van der Waals surface area contributed by atoms with Crippen LogP contribution >= 0.6 is 0 Å². The Kier molecular flexibility index (Phi) is 6.28. The number of rotatable bonds is 6. The van der Waals surface area contributed by atoms with Gasteiger partial charge in [0.2, 0.25) is 11.8 Å². The highest BCUT2D eigenvalue weighted by Crippen LogP contribution is 2.29. The zero-order valence-electron chi connectivity index (χ0n) is 16.5. The largest absolute Gasteiger partial charge is 0.383 e. The van der Waals surface area contributed by atoms with Crippen molar-refractivity contribution >= 4 is 17.6 Å². The average molecular weight is 365 g/mol. The van der Waals surface area contributed by atoms with Crippen LogP contribution in [0.25, 0.3) is 0 Å². The molecule has 2 N–H and O–H groups in total. The van der Waals surface area contributed by atoms with Gasteiger partial charge in [-0.2, -0.15) is 5.10 Å². The second kappa shape index (κ2) is 8.07. The van der Waals surface area contributed by atoms with E-state index in [2.05, 4.69) is 15.7 Å². The molecule has 1 aliphatic rings. The van der Waals surface area contributed by atoms with E-state index in [1.807, 2.05) is 45.0 Å². The van der Waals surface area contributed by atoms with E-state index in [0.717, 1.165) is 0 Å². The molecule has 2 rings (SSSR count). The minimum absolute atomic E-state index is 0.0805. The van der Waals surface area contributed by atoms with Gasteiger partial charge in [-0.1, -0.05) is 20.8 Å². The van der Waals surface area contributed by atoms with Crippen molar-refractivity contribution in [2.75, 3.05) is 38.7 Å². The van der Waals surface area contributed by atoms with E-state index in [9.17, 15) is 9.59 Å². The molecule has 1 saturated heterocycles. The summed E-state index contributed by atoms with van der Waals surface area (Å²) in [6.45, 7) is 7.73. The molecular formula is C18H31N5O3. The van der Waals surface area contributed by atoms with E-state index < -0.39 is 11.0 Å². The highest BCUT2D eigenvalue weighted by atomic mass is 16.5. The summed E-state index contributed by atoms with van der Waals surface area (Å²) in [6.07, 6.45) is 2.89. The zero-order valence-corrected chi connectivity index (χ0v) is 16.5. The summed E-state index contributed by atoms with van der Waals surface area (Å²) in [5.74, 6) is 0.691. The first-order valence-corrected chi connectivity index (χ1v) is 9.02. The minimum atomic E-state index is -0.781. The number of nitrogens with zero attached hydrogens (tertiary/aromatic N) is 3. The van der Waals surface area contributed by atoms with Crippen LogP contribution in [0.3, 0.4) is 0 Å². The third kappa shape index (κ3) is 4.75. The molecule has 1 fully saturated rings. The van der Waals surface area contributed by atoms with Gasteiger partial charge in [0.25, 0.3) is 0 Å². The maximum atomic E-state index is 12.9. The van der Waals surface area contributed by atoms with E-state index in [0.29, 0.717) is 44.9 Å². The van der Waals surface area contributed by atoms with E-state index in [4.69, 9.17) is 4.74 Å². The standard InChI is InChI=1S/C18H31N5O3/c1-17(2,3)16(25)23-11-7-18(8-12-23,15(24)19-9-13-26-5)20-14-6-10-22(4)21-14/h6,10H,7-9,11-13H2,1-5H3,(H,19,24)(H,20,21). The lowest BCUT2D eigenvalue weighted by atomic mass is 9.84. The maximum Gasteiger partial charge on any atom is 0.245 e. The number of ether oxygens (including phenoxy) is 1. The molecule has 8 heteroatoms. The summed E-state index contributed by atoms with van der Waals surface area (Å²) in [5, 5.41) is 10.6. The van der Waals surface area contributed by atoms with Crippen molar-refractivity contribution in [3.05, 3.63) is 12.3 Å². The minimum Gasteiger partial charge on any atom is -0.383 e. The SMILES string of the molecule is COCCNC(=O)C1(Nc2ccn(C)n2)CCN(C(=O)C(C)(C)C)CC1. The molecule has 146 valence electrons. The van der Waals surface area contributed by atoms with Crippen molar-refractivity contribution in [1.82, 2.24) is 20.0 Å². The molecule has 0 aromatic carbocycles. The van der Waals surface area contributed by atoms with Crippen molar-refractivity contribution in [2.24, 2.45) is 12.5 Å². The number of aryl methyl sites for hydroxylation is 1. The quantitative estimate of drug-likeness (QED) is 0.735. The normalized spacial score (nSPS) is 17.0. The summed E-state index contributed by atoms with van der Waals surface area (Å²) >= 11 is 0. The van der Waals surface area contributed by atoms with Gasteiger partial charge in [0.15, 0.2) is 0 Å². The Labute approximate surface area is 155 Å². The number of likely N-dealkylation sites (tertiary alicyclic amines) is 1. The van der Waals surface area contributed by atoms with Crippen molar-refractivity contribution in [3.8, 4) is 0 Å². The van der Waals surface area contributed by atoms with Gasteiger partial charge >= 0.3 is 0 Å². The van der Waals surface area contributed by atoms with Crippen LogP contribution in [0.2, 0.25) is 0 Å². The van der Waals surface area contributed by atoms with Gasteiger partial charge in [-0.3, -0.25) is 14.3 Å². The van der Waals surface area contributed by atoms with E-state index in [-0.39, 0.29) is 11.8 Å². The van der Waals surface area contributed by atoms with Crippen molar-refractivity contribution in [2.45, 2.75) is 39.2 Å². The summed E-state index contributed by atoms with van der Waals surface area (Å²) in [4.78, 5) is 27.3. The fourth-order valence-corrected chi connectivity index (χ4v) is 3.14. The first kappa shape index (κ1) is 20.2. The molecule has 1 aliphatic heterocycles. The molecule has 1 aromatic heterocycles. The van der Waals surface area contributed by atoms with E-state index in [1.165, 1.54) is 0 Å². The molecule has 0 atom stereocenters. The molecule has 2 amide bonds. The number of hydrogen-bond donors (Lipinski definition) is 2. The summed E-state index contributed by atoms with van der Waals surface area (Å²) in [6, 6.07) is 1.84. The average Bonchev–Trinajstić information content (AvgIpc) is 2.99. The lowest BCUT2D eigenvalue weighted by Gasteiger charge is -2.42. The number of carbonyl (C=O) groups excluding carboxylic acids is 2. The van der Waals surface area contributed by atoms with Crippen LogP contribution in [0.5, 0.6) is 0 Å². The molecule has 0 saturated carbocycles. The lowest BCUT2D eigenvalue weighted by Crippen LogP contribution is -2.60. The second-order valence-corrected chi connectivity index (χ2v) is 7.87. The van der Waals surface area contributed by atoms with E-state index in [1.54, 1.807) is 11.8 Å². The fourth-order valence-electron chi connectivity index (χ4n) is 3.14. The molecule has 2 heterocycles. The number of piperidine rings is 1. The molecule has 0 aliphatic carbocycles. The molecule has 26 heavy (non-hydrogen) atoms. The molecule has 1 aromatic rings. The number of anilines is 1. The predicted octanol–water partition coefficient (Wildman–Crippen LogP) is 1.00.